The van der Waals surface area contributed by atoms with E-state index < -0.39 is 11.7 Å². The van der Waals surface area contributed by atoms with Crippen molar-refractivity contribution < 1.29 is 14.0 Å². The van der Waals surface area contributed by atoms with E-state index in [1.54, 1.807) is 6.07 Å². The Hall–Kier alpha value is -1.91. The highest BCUT2D eigenvalue weighted by Gasteiger charge is 2.11. The summed E-state index contributed by atoms with van der Waals surface area (Å²) in [5.74, 6) is -1.51. The highest BCUT2D eigenvalue weighted by atomic mass is 19.1. The van der Waals surface area contributed by atoms with E-state index in [9.17, 15) is 14.0 Å². The molecule has 0 aromatic heterocycles. The molecule has 0 saturated heterocycles. The number of hydrazine groups is 1. The van der Waals surface area contributed by atoms with E-state index >= 15 is 0 Å². The third kappa shape index (κ3) is 6.88. The lowest BCUT2D eigenvalue weighted by molar-refractivity contribution is -0.122. The molecule has 0 saturated carbocycles. The van der Waals surface area contributed by atoms with E-state index in [2.05, 4.69) is 17.8 Å². The Labute approximate surface area is 125 Å². The van der Waals surface area contributed by atoms with Gasteiger partial charge in [0.15, 0.2) is 0 Å². The number of rotatable bonds is 8. The van der Waals surface area contributed by atoms with Crippen molar-refractivity contribution >= 4 is 11.8 Å². The number of hydrogen-bond donors (Lipinski definition) is 2. The molecular formula is C16H23FN2O2. The summed E-state index contributed by atoms with van der Waals surface area (Å²) in [6, 6.07) is 5.64. The molecule has 0 bridgehead atoms. The summed E-state index contributed by atoms with van der Waals surface area (Å²) in [6.07, 6.45) is 6.92. The molecule has 2 amide bonds. The number of unbranched alkanes of at least 4 members (excludes halogenated alkanes) is 5. The van der Waals surface area contributed by atoms with E-state index in [0.29, 0.717) is 6.42 Å². The van der Waals surface area contributed by atoms with Crippen molar-refractivity contribution in [1.29, 1.82) is 0 Å². The molecule has 0 atom stereocenters. The first-order valence-corrected chi connectivity index (χ1v) is 7.49. The van der Waals surface area contributed by atoms with Crippen LogP contribution >= 0.6 is 0 Å². The summed E-state index contributed by atoms with van der Waals surface area (Å²) in [4.78, 5) is 23.2. The van der Waals surface area contributed by atoms with Gasteiger partial charge in [0, 0.05) is 6.42 Å². The zero-order chi connectivity index (χ0) is 15.5. The zero-order valence-corrected chi connectivity index (χ0v) is 12.5. The van der Waals surface area contributed by atoms with Crippen LogP contribution in [0.2, 0.25) is 0 Å². The molecule has 0 fully saturated rings. The van der Waals surface area contributed by atoms with E-state index in [0.717, 1.165) is 19.3 Å². The molecule has 0 aliphatic heterocycles. The maximum atomic E-state index is 13.3. The fourth-order valence-corrected chi connectivity index (χ4v) is 1.97. The maximum Gasteiger partial charge on any atom is 0.272 e. The Morgan fingerprint density at radius 1 is 1.00 bits per heavy atom. The molecule has 21 heavy (non-hydrogen) atoms. The number of carbonyl (C=O) groups excluding carboxylic acids is 2. The molecule has 4 nitrogen and oxygen atoms in total. The average Bonchev–Trinajstić information content (AvgIpc) is 2.49. The Morgan fingerprint density at radius 3 is 2.38 bits per heavy atom. The van der Waals surface area contributed by atoms with E-state index in [4.69, 9.17) is 0 Å². The standard InChI is InChI=1S/C16H23FN2O2/c1-2-3-4-5-6-7-12-15(20)18-19-16(21)13-10-8-9-11-14(13)17/h8-11H,2-7,12H2,1H3,(H,18,20)(H,19,21). The van der Waals surface area contributed by atoms with Crippen molar-refractivity contribution in [1.82, 2.24) is 10.9 Å². The predicted octanol–water partition coefficient (Wildman–Crippen LogP) is 3.34. The van der Waals surface area contributed by atoms with Crippen LogP contribution in [0, 0.1) is 5.82 Å². The van der Waals surface area contributed by atoms with Gasteiger partial charge in [-0.2, -0.15) is 0 Å². The van der Waals surface area contributed by atoms with Crippen LogP contribution in [-0.2, 0) is 4.79 Å². The van der Waals surface area contributed by atoms with Gasteiger partial charge < -0.3 is 0 Å². The van der Waals surface area contributed by atoms with E-state index in [-0.39, 0.29) is 11.5 Å². The van der Waals surface area contributed by atoms with Crippen molar-refractivity contribution in [3.05, 3.63) is 35.6 Å². The number of hydrogen-bond acceptors (Lipinski definition) is 2. The van der Waals surface area contributed by atoms with E-state index in [1.807, 2.05) is 0 Å². The second kappa shape index (κ2) is 9.91. The average molecular weight is 294 g/mol. The van der Waals surface area contributed by atoms with Gasteiger partial charge in [0.25, 0.3) is 5.91 Å². The summed E-state index contributed by atoms with van der Waals surface area (Å²) >= 11 is 0. The van der Waals surface area contributed by atoms with Crippen LogP contribution in [0.3, 0.4) is 0 Å². The Morgan fingerprint density at radius 2 is 1.67 bits per heavy atom. The second-order valence-corrected chi connectivity index (χ2v) is 5.00. The van der Waals surface area contributed by atoms with Gasteiger partial charge in [0.2, 0.25) is 5.91 Å². The zero-order valence-electron chi connectivity index (χ0n) is 12.5. The van der Waals surface area contributed by atoms with Crippen LogP contribution in [0.4, 0.5) is 4.39 Å². The molecule has 116 valence electrons. The molecule has 0 aliphatic rings. The van der Waals surface area contributed by atoms with Crippen molar-refractivity contribution in [2.24, 2.45) is 0 Å². The van der Waals surface area contributed by atoms with Crippen LogP contribution in [0.5, 0.6) is 0 Å². The fourth-order valence-electron chi connectivity index (χ4n) is 1.97. The molecule has 0 spiro atoms. The molecule has 5 heteroatoms. The molecular weight excluding hydrogens is 271 g/mol. The predicted molar refractivity (Wildman–Crippen MR) is 80.0 cm³/mol. The topological polar surface area (TPSA) is 58.2 Å². The van der Waals surface area contributed by atoms with Crippen LogP contribution in [0.1, 0.15) is 62.2 Å². The normalized spacial score (nSPS) is 10.2. The minimum absolute atomic E-state index is 0.0858. The number of halogens is 1. The fraction of sp³-hybridized carbons (Fsp3) is 0.500. The van der Waals surface area contributed by atoms with Crippen molar-refractivity contribution in [2.75, 3.05) is 0 Å². The van der Waals surface area contributed by atoms with Gasteiger partial charge in [0.1, 0.15) is 5.82 Å². The molecule has 1 aromatic carbocycles. The van der Waals surface area contributed by atoms with Gasteiger partial charge >= 0.3 is 0 Å². The largest absolute Gasteiger partial charge is 0.273 e. The first-order chi connectivity index (χ1) is 10.1. The smallest absolute Gasteiger partial charge is 0.272 e. The van der Waals surface area contributed by atoms with Crippen molar-refractivity contribution in [2.45, 2.75) is 51.9 Å². The molecule has 0 unspecified atom stereocenters. The third-order valence-corrected chi connectivity index (χ3v) is 3.19. The third-order valence-electron chi connectivity index (χ3n) is 3.19. The summed E-state index contributed by atoms with van der Waals surface area (Å²) < 4.78 is 13.3. The van der Waals surface area contributed by atoms with Gasteiger partial charge in [-0.1, -0.05) is 51.2 Å². The Kier molecular flexibility index (Phi) is 8.09. The first-order valence-electron chi connectivity index (χ1n) is 7.49. The molecule has 1 aromatic rings. The molecule has 0 heterocycles. The number of carbonyl (C=O) groups is 2. The summed E-state index contributed by atoms with van der Waals surface area (Å²) in [5, 5.41) is 0. The second-order valence-electron chi connectivity index (χ2n) is 5.00. The van der Waals surface area contributed by atoms with E-state index in [1.165, 1.54) is 37.5 Å². The number of benzene rings is 1. The molecule has 2 N–H and O–H groups in total. The summed E-state index contributed by atoms with van der Waals surface area (Å²) in [5.41, 5.74) is 4.44. The minimum Gasteiger partial charge on any atom is -0.273 e. The van der Waals surface area contributed by atoms with Crippen molar-refractivity contribution in [3.8, 4) is 0 Å². The van der Waals surface area contributed by atoms with Crippen LogP contribution < -0.4 is 10.9 Å². The van der Waals surface area contributed by atoms with Gasteiger partial charge in [-0.15, -0.1) is 0 Å². The molecule has 0 aliphatic carbocycles. The Balaban J connectivity index is 2.18. The summed E-state index contributed by atoms with van der Waals surface area (Å²) in [7, 11) is 0. The lowest BCUT2D eigenvalue weighted by atomic mass is 10.1. The number of nitrogens with one attached hydrogen (secondary N) is 2. The van der Waals surface area contributed by atoms with Crippen LogP contribution in [0.25, 0.3) is 0 Å². The first kappa shape index (κ1) is 17.1. The molecule has 1 rings (SSSR count). The van der Waals surface area contributed by atoms with Crippen LogP contribution in [-0.4, -0.2) is 11.8 Å². The molecule has 0 radical (unpaired) electrons. The minimum atomic E-state index is -0.649. The van der Waals surface area contributed by atoms with Gasteiger partial charge in [-0.05, 0) is 18.6 Å². The SMILES string of the molecule is CCCCCCCCC(=O)NNC(=O)c1ccccc1F. The lowest BCUT2D eigenvalue weighted by Gasteiger charge is -2.07. The highest BCUT2D eigenvalue weighted by Crippen LogP contribution is 2.07. The van der Waals surface area contributed by atoms with Gasteiger partial charge in [-0.3, -0.25) is 20.4 Å². The Bertz CT molecular complexity index is 463. The monoisotopic (exact) mass is 294 g/mol. The van der Waals surface area contributed by atoms with Crippen molar-refractivity contribution in [3.63, 3.8) is 0 Å². The summed E-state index contributed by atoms with van der Waals surface area (Å²) in [6.45, 7) is 2.16. The quantitative estimate of drug-likeness (QED) is 0.570. The van der Waals surface area contributed by atoms with Gasteiger partial charge in [0.05, 0.1) is 5.56 Å². The van der Waals surface area contributed by atoms with Gasteiger partial charge in [-0.25, -0.2) is 4.39 Å². The highest BCUT2D eigenvalue weighted by molar-refractivity contribution is 5.95. The number of amides is 2. The van der Waals surface area contributed by atoms with Crippen LogP contribution in [0.15, 0.2) is 24.3 Å². The lowest BCUT2D eigenvalue weighted by Crippen LogP contribution is -2.41. The maximum absolute atomic E-state index is 13.3.